The number of halogens is 1. The third kappa shape index (κ3) is 4.09. The fraction of sp³-hybridized carbons (Fsp3) is 0.533. The third-order valence-electron chi connectivity index (χ3n) is 3.75. The van der Waals surface area contributed by atoms with Crippen LogP contribution >= 0.6 is 11.6 Å². The minimum Gasteiger partial charge on any atom is -0.383 e. The first-order valence-corrected chi connectivity index (χ1v) is 7.55. The Morgan fingerprint density at radius 1 is 1.57 bits per heavy atom. The van der Waals surface area contributed by atoms with Gasteiger partial charge in [0.15, 0.2) is 0 Å². The molecule has 1 aliphatic rings. The smallest absolute Gasteiger partial charge is 0.240 e. The van der Waals surface area contributed by atoms with Crippen molar-refractivity contribution in [3.63, 3.8) is 0 Å². The van der Waals surface area contributed by atoms with E-state index in [4.69, 9.17) is 22.1 Å². The van der Waals surface area contributed by atoms with Gasteiger partial charge in [0.2, 0.25) is 5.91 Å². The van der Waals surface area contributed by atoms with Gasteiger partial charge in [-0.25, -0.2) is 0 Å². The molecular weight excluding hydrogens is 290 g/mol. The number of primary amides is 1. The summed E-state index contributed by atoms with van der Waals surface area (Å²) in [5.41, 5.74) is 7.45. The van der Waals surface area contributed by atoms with Crippen molar-refractivity contribution >= 4 is 23.2 Å². The lowest BCUT2D eigenvalue weighted by Gasteiger charge is -2.25. The molecule has 1 saturated heterocycles. The second kappa shape index (κ2) is 7.64. The van der Waals surface area contributed by atoms with Crippen LogP contribution in [0.1, 0.15) is 18.4 Å². The summed E-state index contributed by atoms with van der Waals surface area (Å²) in [7, 11) is 1.68. The normalized spacial score (nSPS) is 18.2. The summed E-state index contributed by atoms with van der Waals surface area (Å²) >= 11 is 6.33. The Morgan fingerprint density at radius 2 is 2.38 bits per heavy atom. The van der Waals surface area contributed by atoms with Gasteiger partial charge in [-0.3, -0.25) is 4.79 Å². The van der Waals surface area contributed by atoms with Gasteiger partial charge in [-0.05, 0) is 30.5 Å². The summed E-state index contributed by atoms with van der Waals surface area (Å²) in [6.45, 7) is 2.99. The van der Waals surface area contributed by atoms with E-state index in [0.717, 1.165) is 37.2 Å². The van der Waals surface area contributed by atoms with Crippen molar-refractivity contribution < 1.29 is 9.53 Å². The number of amides is 1. The van der Waals surface area contributed by atoms with Gasteiger partial charge < -0.3 is 20.7 Å². The van der Waals surface area contributed by atoms with E-state index in [0.29, 0.717) is 18.2 Å². The minimum atomic E-state index is -0.270. The molecule has 0 aromatic heterocycles. The molecule has 2 rings (SSSR count). The summed E-state index contributed by atoms with van der Waals surface area (Å²) in [6, 6.07) is 5.69. The van der Waals surface area contributed by atoms with Crippen LogP contribution in [0.5, 0.6) is 0 Å². The van der Waals surface area contributed by atoms with Crippen LogP contribution in [0.15, 0.2) is 18.2 Å². The van der Waals surface area contributed by atoms with Crippen molar-refractivity contribution in [3.05, 3.63) is 28.8 Å². The van der Waals surface area contributed by atoms with Crippen LogP contribution in [0.2, 0.25) is 5.02 Å². The molecule has 1 aromatic carbocycles. The highest BCUT2D eigenvalue weighted by atomic mass is 35.5. The number of hydrogen-bond donors (Lipinski definition) is 2. The molecule has 1 atom stereocenters. The Morgan fingerprint density at radius 3 is 3.05 bits per heavy atom. The SMILES string of the molecule is COCCNCc1ccc(N2CCCC2C(N)=O)cc1Cl. The number of rotatable bonds is 7. The van der Waals surface area contributed by atoms with E-state index in [1.54, 1.807) is 7.11 Å². The topological polar surface area (TPSA) is 67.6 Å². The summed E-state index contributed by atoms with van der Waals surface area (Å²) in [5.74, 6) is -0.270. The Balaban J connectivity index is 2.03. The number of nitrogens with one attached hydrogen (secondary N) is 1. The van der Waals surface area contributed by atoms with E-state index in [1.165, 1.54) is 0 Å². The maximum atomic E-state index is 11.5. The van der Waals surface area contributed by atoms with E-state index >= 15 is 0 Å². The van der Waals surface area contributed by atoms with Crippen molar-refractivity contribution in [1.82, 2.24) is 5.32 Å². The summed E-state index contributed by atoms with van der Waals surface area (Å²) in [4.78, 5) is 13.5. The monoisotopic (exact) mass is 311 g/mol. The molecule has 5 nitrogen and oxygen atoms in total. The number of methoxy groups -OCH3 is 1. The molecule has 0 bridgehead atoms. The summed E-state index contributed by atoms with van der Waals surface area (Å²) in [5, 5.41) is 3.96. The number of nitrogens with zero attached hydrogens (tertiary/aromatic N) is 1. The predicted octanol–water partition coefficient (Wildman–Crippen LogP) is 1.53. The number of carbonyl (C=O) groups is 1. The van der Waals surface area contributed by atoms with Crippen LogP contribution in [0.4, 0.5) is 5.69 Å². The molecule has 1 amide bonds. The molecule has 1 unspecified atom stereocenters. The number of ether oxygens (including phenoxy) is 1. The third-order valence-corrected chi connectivity index (χ3v) is 4.10. The van der Waals surface area contributed by atoms with E-state index < -0.39 is 0 Å². The molecule has 3 N–H and O–H groups in total. The molecule has 6 heteroatoms. The number of anilines is 1. The Kier molecular flexibility index (Phi) is 5.85. The quantitative estimate of drug-likeness (QED) is 0.749. The lowest BCUT2D eigenvalue weighted by Crippen LogP contribution is -2.40. The van der Waals surface area contributed by atoms with Gasteiger partial charge in [0.25, 0.3) is 0 Å². The lowest BCUT2D eigenvalue weighted by atomic mass is 10.1. The number of benzene rings is 1. The number of nitrogens with two attached hydrogens (primary N) is 1. The molecule has 1 aromatic rings. The zero-order valence-electron chi connectivity index (χ0n) is 12.3. The van der Waals surface area contributed by atoms with Gasteiger partial charge in [-0.1, -0.05) is 17.7 Å². The molecule has 21 heavy (non-hydrogen) atoms. The zero-order chi connectivity index (χ0) is 15.2. The highest BCUT2D eigenvalue weighted by Gasteiger charge is 2.29. The van der Waals surface area contributed by atoms with Crippen LogP contribution < -0.4 is 16.0 Å². The highest BCUT2D eigenvalue weighted by Crippen LogP contribution is 2.29. The van der Waals surface area contributed by atoms with Gasteiger partial charge in [0.05, 0.1) is 6.61 Å². The van der Waals surface area contributed by atoms with E-state index in [9.17, 15) is 4.79 Å². The van der Waals surface area contributed by atoms with E-state index in [1.807, 2.05) is 23.1 Å². The minimum absolute atomic E-state index is 0.216. The van der Waals surface area contributed by atoms with Crippen LogP contribution in [0.25, 0.3) is 0 Å². The van der Waals surface area contributed by atoms with E-state index in [-0.39, 0.29) is 11.9 Å². The summed E-state index contributed by atoms with van der Waals surface area (Å²) < 4.78 is 4.98. The predicted molar refractivity (Wildman–Crippen MR) is 84.6 cm³/mol. The van der Waals surface area contributed by atoms with Crippen molar-refractivity contribution in [2.75, 3.05) is 31.7 Å². The first kappa shape index (κ1) is 16.1. The first-order valence-electron chi connectivity index (χ1n) is 7.17. The lowest BCUT2D eigenvalue weighted by molar-refractivity contribution is -0.119. The molecule has 1 fully saturated rings. The van der Waals surface area contributed by atoms with Crippen molar-refractivity contribution in [1.29, 1.82) is 0 Å². The molecule has 0 spiro atoms. The number of carbonyl (C=O) groups excluding carboxylic acids is 1. The van der Waals surface area contributed by atoms with Crippen molar-refractivity contribution in [2.45, 2.75) is 25.4 Å². The molecule has 0 aliphatic carbocycles. The van der Waals surface area contributed by atoms with Crippen LogP contribution in [0, 0.1) is 0 Å². The van der Waals surface area contributed by atoms with Gasteiger partial charge in [0.1, 0.15) is 6.04 Å². The summed E-state index contributed by atoms with van der Waals surface area (Å²) in [6.07, 6.45) is 1.79. The van der Waals surface area contributed by atoms with Gasteiger partial charge in [0, 0.05) is 37.5 Å². The van der Waals surface area contributed by atoms with Crippen LogP contribution in [-0.4, -0.2) is 38.8 Å². The van der Waals surface area contributed by atoms with Gasteiger partial charge in [-0.15, -0.1) is 0 Å². The number of hydrogen-bond acceptors (Lipinski definition) is 4. The van der Waals surface area contributed by atoms with Crippen molar-refractivity contribution in [3.8, 4) is 0 Å². The maximum absolute atomic E-state index is 11.5. The van der Waals surface area contributed by atoms with E-state index in [2.05, 4.69) is 5.32 Å². The molecule has 0 saturated carbocycles. The maximum Gasteiger partial charge on any atom is 0.240 e. The molecule has 1 aliphatic heterocycles. The largest absolute Gasteiger partial charge is 0.383 e. The highest BCUT2D eigenvalue weighted by molar-refractivity contribution is 6.31. The zero-order valence-corrected chi connectivity index (χ0v) is 13.0. The second-order valence-electron chi connectivity index (χ2n) is 5.20. The first-order chi connectivity index (χ1) is 10.1. The Bertz CT molecular complexity index is 496. The fourth-order valence-electron chi connectivity index (χ4n) is 2.63. The second-order valence-corrected chi connectivity index (χ2v) is 5.61. The molecular formula is C15H22ClN3O2. The van der Waals surface area contributed by atoms with Crippen LogP contribution in [0.3, 0.4) is 0 Å². The van der Waals surface area contributed by atoms with Crippen LogP contribution in [-0.2, 0) is 16.1 Å². The molecule has 0 radical (unpaired) electrons. The standard InChI is InChI=1S/C15H22ClN3O2/c1-21-8-6-18-10-11-4-5-12(9-13(11)16)19-7-2-3-14(19)15(17)20/h4-5,9,14,18H,2-3,6-8,10H2,1H3,(H2,17,20). The average molecular weight is 312 g/mol. The average Bonchev–Trinajstić information content (AvgIpc) is 2.94. The van der Waals surface area contributed by atoms with Gasteiger partial charge in [-0.2, -0.15) is 0 Å². The van der Waals surface area contributed by atoms with Gasteiger partial charge >= 0.3 is 0 Å². The Labute approximate surface area is 130 Å². The molecule has 116 valence electrons. The Hall–Kier alpha value is -1.30. The van der Waals surface area contributed by atoms with Crippen molar-refractivity contribution in [2.24, 2.45) is 5.73 Å². The molecule has 1 heterocycles. The fourth-order valence-corrected chi connectivity index (χ4v) is 2.87.